The maximum absolute atomic E-state index is 13.0. The van der Waals surface area contributed by atoms with E-state index in [1.165, 1.54) is 6.92 Å². The normalized spacial score (nSPS) is 13.2. The van der Waals surface area contributed by atoms with Crippen molar-refractivity contribution in [1.82, 2.24) is 10.3 Å². The number of halogens is 4. The number of thiazole rings is 1. The fourth-order valence-corrected chi connectivity index (χ4v) is 3.25. The van der Waals surface area contributed by atoms with Gasteiger partial charge in [-0.1, -0.05) is 37.6 Å². The molecular weight excluding hydrogens is 361 g/mol. The van der Waals surface area contributed by atoms with Crippen LogP contribution in [0.25, 0.3) is 0 Å². The van der Waals surface area contributed by atoms with Gasteiger partial charge in [-0.05, 0) is 30.5 Å². The Morgan fingerprint density at radius 1 is 1.25 bits per heavy atom. The molecule has 0 saturated carbocycles. The number of carbonyl (C=O) groups is 1. The van der Waals surface area contributed by atoms with Crippen molar-refractivity contribution in [2.45, 2.75) is 33.0 Å². The van der Waals surface area contributed by atoms with E-state index in [2.05, 4.69) is 10.3 Å². The van der Waals surface area contributed by atoms with Gasteiger partial charge in [-0.2, -0.15) is 13.2 Å². The van der Waals surface area contributed by atoms with Crippen LogP contribution in [-0.4, -0.2) is 10.9 Å². The lowest BCUT2D eigenvalue weighted by molar-refractivity contribution is -0.141. The summed E-state index contributed by atoms with van der Waals surface area (Å²) in [5, 5.41) is 3.42. The Labute approximate surface area is 146 Å². The third-order valence-corrected chi connectivity index (χ3v) is 4.61. The monoisotopic (exact) mass is 376 g/mol. The summed E-state index contributed by atoms with van der Waals surface area (Å²) in [6, 6.07) is 6.41. The van der Waals surface area contributed by atoms with E-state index in [0.29, 0.717) is 5.02 Å². The number of benzene rings is 1. The molecule has 130 valence electrons. The van der Waals surface area contributed by atoms with Crippen molar-refractivity contribution in [2.24, 2.45) is 5.92 Å². The Kier molecular flexibility index (Phi) is 5.55. The average Bonchev–Trinajstić information content (AvgIpc) is 2.88. The molecule has 1 atom stereocenters. The molecule has 3 nitrogen and oxygen atoms in total. The second kappa shape index (κ2) is 7.11. The predicted molar refractivity (Wildman–Crippen MR) is 88.4 cm³/mol. The van der Waals surface area contributed by atoms with Crippen molar-refractivity contribution in [3.8, 4) is 0 Å². The van der Waals surface area contributed by atoms with Crippen molar-refractivity contribution in [3.05, 3.63) is 50.4 Å². The summed E-state index contributed by atoms with van der Waals surface area (Å²) < 4.78 is 39.1. The number of rotatable bonds is 4. The standard InChI is InChI=1S/C16H16ClF3N2OS/c1-8(2)12(10-4-6-11(17)7-5-10)22-15(23)13-14(16(18,19)20)21-9(3)24-13/h4-8,12H,1-3H3,(H,22,23)/t12-/m1/s1. The molecule has 0 bridgehead atoms. The van der Waals surface area contributed by atoms with Gasteiger partial charge in [0.05, 0.1) is 11.0 Å². The fraction of sp³-hybridized carbons (Fsp3) is 0.375. The Balaban J connectivity index is 2.31. The minimum absolute atomic E-state index is 0.0153. The van der Waals surface area contributed by atoms with Crippen LogP contribution in [0.15, 0.2) is 24.3 Å². The number of aromatic nitrogens is 1. The van der Waals surface area contributed by atoms with E-state index in [9.17, 15) is 18.0 Å². The molecule has 1 heterocycles. The highest BCUT2D eigenvalue weighted by atomic mass is 35.5. The maximum atomic E-state index is 13.0. The summed E-state index contributed by atoms with van der Waals surface area (Å²) in [6.45, 7) is 5.19. The van der Waals surface area contributed by atoms with Crippen LogP contribution in [0, 0.1) is 12.8 Å². The van der Waals surface area contributed by atoms with Gasteiger partial charge in [0.1, 0.15) is 4.88 Å². The van der Waals surface area contributed by atoms with Gasteiger partial charge in [0.15, 0.2) is 5.69 Å². The van der Waals surface area contributed by atoms with E-state index in [1.54, 1.807) is 24.3 Å². The number of hydrogen-bond acceptors (Lipinski definition) is 3. The number of nitrogens with one attached hydrogen (secondary N) is 1. The van der Waals surface area contributed by atoms with Gasteiger partial charge >= 0.3 is 6.18 Å². The minimum atomic E-state index is -4.66. The first-order chi connectivity index (χ1) is 11.1. The van der Waals surface area contributed by atoms with Gasteiger partial charge in [-0.15, -0.1) is 11.3 Å². The zero-order chi connectivity index (χ0) is 18.1. The zero-order valence-electron chi connectivity index (χ0n) is 13.2. The second-order valence-corrected chi connectivity index (χ2v) is 7.29. The van der Waals surface area contributed by atoms with Crippen LogP contribution in [0.4, 0.5) is 13.2 Å². The number of alkyl halides is 3. The molecule has 2 aromatic rings. The summed E-state index contributed by atoms with van der Waals surface area (Å²) in [7, 11) is 0. The predicted octanol–water partition coefficient (Wildman–Crippen LogP) is 5.25. The molecule has 0 aliphatic rings. The number of nitrogens with zero attached hydrogens (tertiary/aromatic N) is 1. The van der Waals surface area contributed by atoms with Crippen LogP contribution in [0.1, 0.15) is 45.8 Å². The summed E-state index contributed by atoms with van der Waals surface area (Å²) in [6.07, 6.45) is -4.66. The van der Waals surface area contributed by atoms with Crippen LogP contribution in [0.2, 0.25) is 5.02 Å². The molecule has 1 N–H and O–H groups in total. The third-order valence-electron chi connectivity index (χ3n) is 3.39. The van der Waals surface area contributed by atoms with Gasteiger partial charge < -0.3 is 5.32 Å². The molecule has 0 aliphatic heterocycles. The van der Waals surface area contributed by atoms with Gasteiger partial charge in [-0.3, -0.25) is 4.79 Å². The third kappa shape index (κ3) is 4.27. The van der Waals surface area contributed by atoms with E-state index in [4.69, 9.17) is 11.6 Å². The molecule has 0 saturated heterocycles. The van der Waals surface area contributed by atoms with E-state index in [1.807, 2.05) is 13.8 Å². The van der Waals surface area contributed by atoms with Crippen molar-refractivity contribution in [2.75, 3.05) is 0 Å². The lowest BCUT2D eigenvalue weighted by Gasteiger charge is -2.23. The topological polar surface area (TPSA) is 42.0 Å². The quantitative estimate of drug-likeness (QED) is 0.791. The summed E-state index contributed by atoms with van der Waals surface area (Å²) in [5.74, 6) is -0.792. The van der Waals surface area contributed by atoms with Crippen LogP contribution in [0.5, 0.6) is 0 Å². The molecule has 1 amide bonds. The smallest absolute Gasteiger partial charge is 0.344 e. The molecular formula is C16H16ClF3N2OS. The molecule has 2 rings (SSSR count). The number of carbonyl (C=O) groups excluding carboxylic acids is 1. The SMILES string of the molecule is Cc1nc(C(F)(F)F)c(C(=O)N[C@@H](c2ccc(Cl)cc2)C(C)C)s1. The van der Waals surface area contributed by atoms with Crippen LogP contribution < -0.4 is 5.32 Å². The second-order valence-electron chi connectivity index (χ2n) is 5.66. The first-order valence-corrected chi connectivity index (χ1v) is 8.40. The van der Waals surface area contributed by atoms with Crippen LogP contribution >= 0.6 is 22.9 Å². The summed E-state index contributed by atoms with van der Waals surface area (Å²) in [4.78, 5) is 15.5. The van der Waals surface area contributed by atoms with E-state index in [0.717, 1.165) is 16.9 Å². The van der Waals surface area contributed by atoms with Crippen molar-refractivity contribution in [1.29, 1.82) is 0 Å². The Morgan fingerprint density at radius 3 is 2.33 bits per heavy atom. The largest absolute Gasteiger partial charge is 0.435 e. The molecule has 0 unspecified atom stereocenters. The van der Waals surface area contributed by atoms with Crippen LogP contribution in [0.3, 0.4) is 0 Å². The van der Waals surface area contributed by atoms with Gasteiger partial charge in [0.25, 0.3) is 5.91 Å². The molecule has 0 spiro atoms. The number of aryl methyl sites for hydroxylation is 1. The Morgan fingerprint density at radius 2 is 1.83 bits per heavy atom. The maximum Gasteiger partial charge on any atom is 0.435 e. The van der Waals surface area contributed by atoms with E-state index in [-0.39, 0.29) is 10.9 Å². The molecule has 8 heteroatoms. The Hall–Kier alpha value is -1.60. The van der Waals surface area contributed by atoms with E-state index < -0.39 is 28.7 Å². The lowest BCUT2D eigenvalue weighted by atomic mass is 9.96. The molecule has 1 aromatic heterocycles. The number of amides is 1. The van der Waals surface area contributed by atoms with Crippen molar-refractivity contribution in [3.63, 3.8) is 0 Å². The fourth-order valence-electron chi connectivity index (χ4n) is 2.28. The van der Waals surface area contributed by atoms with Crippen molar-refractivity contribution >= 4 is 28.8 Å². The Bertz CT molecular complexity index is 726. The van der Waals surface area contributed by atoms with Crippen LogP contribution in [-0.2, 0) is 6.18 Å². The van der Waals surface area contributed by atoms with E-state index >= 15 is 0 Å². The molecule has 0 aliphatic carbocycles. The molecule has 0 radical (unpaired) electrons. The first kappa shape index (κ1) is 18.7. The summed E-state index contributed by atoms with van der Waals surface area (Å²) in [5.41, 5.74) is -0.362. The molecule has 0 fully saturated rings. The lowest BCUT2D eigenvalue weighted by Crippen LogP contribution is -2.32. The van der Waals surface area contributed by atoms with Gasteiger partial charge in [0.2, 0.25) is 0 Å². The van der Waals surface area contributed by atoms with Crippen molar-refractivity contribution < 1.29 is 18.0 Å². The molecule has 24 heavy (non-hydrogen) atoms. The highest BCUT2D eigenvalue weighted by molar-refractivity contribution is 7.13. The number of hydrogen-bond donors (Lipinski definition) is 1. The van der Waals surface area contributed by atoms with Gasteiger partial charge in [-0.25, -0.2) is 4.98 Å². The summed E-state index contributed by atoms with van der Waals surface area (Å²) >= 11 is 6.59. The highest BCUT2D eigenvalue weighted by Crippen LogP contribution is 2.34. The zero-order valence-corrected chi connectivity index (χ0v) is 14.8. The highest BCUT2D eigenvalue weighted by Gasteiger charge is 2.39. The average molecular weight is 377 g/mol. The minimum Gasteiger partial charge on any atom is -0.344 e. The first-order valence-electron chi connectivity index (χ1n) is 7.20. The van der Waals surface area contributed by atoms with Gasteiger partial charge in [0, 0.05) is 5.02 Å². The molecule has 1 aromatic carbocycles.